The van der Waals surface area contributed by atoms with Gasteiger partial charge in [0.15, 0.2) is 0 Å². The van der Waals surface area contributed by atoms with Crippen LogP contribution in [0.1, 0.15) is 50.9 Å². The van der Waals surface area contributed by atoms with Crippen LogP contribution in [0.3, 0.4) is 0 Å². The first kappa shape index (κ1) is 17.4. The molecule has 4 heteroatoms. The van der Waals surface area contributed by atoms with Gasteiger partial charge < -0.3 is 15.4 Å². The largest absolute Gasteiger partial charge is 0.481 e. The zero-order valence-electron chi connectivity index (χ0n) is 14.5. The van der Waals surface area contributed by atoms with Crippen LogP contribution < -0.4 is 15.4 Å². The highest BCUT2D eigenvalue weighted by Gasteiger charge is 2.42. The standard InChI is InChI=1S/C19H26N2O2/c1-6-11-23-16-9-7-14(8-10-16)17(22)20-15-12-18(2,3)21-19(4,5)13-15/h1,7-10,15,21H,11-13H2,2-5H3,(H,20,22)/p+1. The van der Waals surface area contributed by atoms with Crippen molar-refractivity contribution in [1.29, 1.82) is 0 Å². The van der Waals surface area contributed by atoms with E-state index in [0.29, 0.717) is 11.3 Å². The normalized spacial score (nSPS) is 19.6. The average Bonchev–Trinajstić information content (AvgIpc) is 2.42. The number of benzene rings is 1. The molecule has 0 unspecified atom stereocenters. The van der Waals surface area contributed by atoms with Crippen molar-refractivity contribution in [3.63, 3.8) is 0 Å². The summed E-state index contributed by atoms with van der Waals surface area (Å²) in [6, 6.07) is 7.28. The Morgan fingerprint density at radius 2 is 1.83 bits per heavy atom. The minimum absolute atomic E-state index is 0.0352. The summed E-state index contributed by atoms with van der Waals surface area (Å²) in [5.74, 6) is 3.06. The Morgan fingerprint density at radius 3 is 2.35 bits per heavy atom. The Hall–Kier alpha value is -1.99. The number of terminal acetylenes is 1. The van der Waals surface area contributed by atoms with E-state index in [1.807, 2.05) is 0 Å². The number of nitrogens with two attached hydrogens (primary N) is 1. The Balaban J connectivity index is 2.00. The van der Waals surface area contributed by atoms with Crippen LogP contribution in [-0.4, -0.2) is 29.6 Å². The minimum Gasteiger partial charge on any atom is -0.481 e. The maximum absolute atomic E-state index is 12.5. The Labute approximate surface area is 139 Å². The minimum atomic E-state index is -0.0352. The van der Waals surface area contributed by atoms with E-state index in [2.05, 4.69) is 44.2 Å². The van der Waals surface area contributed by atoms with Gasteiger partial charge in [0.25, 0.3) is 5.91 Å². The first-order valence-corrected chi connectivity index (χ1v) is 8.05. The summed E-state index contributed by atoms with van der Waals surface area (Å²) in [5.41, 5.74) is 0.905. The van der Waals surface area contributed by atoms with Crippen LogP contribution in [0, 0.1) is 12.3 Å². The Bertz CT molecular complexity index is 581. The molecule has 4 nitrogen and oxygen atoms in total. The van der Waals surface area contributed by atoms with Gasteiger partial charge in [0.2, 0.25) is 0 Å². The molecule has 1 aromatic carbocycles. The third-order valence-electron chi connectivity index (χ3n) is 4.10. The van der Waals surface area contributed by atoms with Crippen molar-refractivity contribution in [1.82, 2.24) is 5.32 Å². The molecule has 1 heterocycles. The second kappa shape index (κ2) is 6.64. The van der Waals surface area contributed by atoms with Gasteiger partial charge in [-0.15, -0.1) is 6.42 Å². The van der Waals surface area contributed by atoms with Crippen LogP contribution in [0.2, 0.25) is 0 Å². The number of piperidine rings is 1. The van der Waals surface area contributed by atoms with Gasteiger partial charge >= 0.3 is 0 Å². The molecule has 0 bridgehead atoms. The second-order valence-corrected chi connectivity index (χ2v) is 7.72. The van der Waals surface area contributed by atoms with E-state index in [0.717, 1.165) is 12.8 Å². The number of hydrogen-bond donors (Lipinski definition) is 2. The van der Waals surface area contributed by atoms with Gasteiger partial charge in [-0.2, -0.15) is 0 Å². The van der Waals surface area contributed by atoms with Gasteiger partial charge in [0.1, 0.15) is 12.4 Å². The molecule has 1 fully saturated rings. The average molecular weight is 315 g/mol. The van der Waals surface area contributed by atoms with Crippen LogP contribution in [0.25, 0.3) is 0 Å². The molecule has 0 aromatic heterocycles. The van der Waals surface area contributed by atoms with Crippen molar-refractivity contribution < 1.29 is 14.8 Å². The number of hydrogen-bond acceptors (Lipinski definition) is 2. The third-order valence-corrected chi connectivity index (χ3v) is 4.10. The predicted octanol–water partition coefficient (Wildman–Crippen LogP) is 1.71. The van der Waals surface area contributed by atoms with Gasteiger partial charge in [0, 0.05) is 24.4 Å². The molecule has 1 saturated heterocycles. The lowest BCUT2D eigenvalue weighted by Crippen LogP contribution is -3.06. The molecule has 0 spiro atoms. The molecule has 0 saturated carbocycles. The fourth-order valence-electron chi connectivity index (χ4n) is 3.72. The van der Waals surface area contributed by atoms with E-state index >= 15 is 0 Å². The first-order valence-electron chi connectivity index (χ1n) is 8.05. The molecule has 0 atom stereocenters. The number of amides is 1. The summed E-state index contributed by atoms with van der Waals surface area (Å²) in [5, 5.41) is 5.58. The quantitative estimate of drug-likeness (QED) is 0.831. The molecule has 1 aliphatic rings. The van der Waals surface area contributed by atoms with E-state index in [9.17, 15) is 4.79 Å². The molecule has 3 N–H and O–H groups in total. The van der Waals surface area contributed by atoms with E-state index < -0.39 is 0 Å². The van der Waals surface area contributed by atoms with Gasteiger partial charge in [-0.3, -0.25) is 4.79 Å². The summed E-state index contributed by atoms with van der Waals surface area (Å²) < 4.78 is 5.32. The van der Waals surface area contributed by atoms with Gasteiger partial charge in [-0.1, -0.05) is 5.92 Å². The molecular weight excluding hydrogens is 288 g/mol. The zero-order chi connectivity index (χ0) is 17.1. The predicted molar refractivity (Wildman–Crippen MR) is 91.3 cm³/mol. The lowest BCUT2D eigenvalue weighted by molar-refractivity contribution is -0.787. The highest BCUT2D eigenvalue weighted by molar-refractivity contribution is 5.94. The molecule has 1 amide bonds. The molecule has 1 aliphatic heterocycles. The van der Waals surface area contributed by atoms with Crippen molar-refractivity contribution in [3.05, 3.63) is 29.8 Å². The van der Waals surface area contributed by atoms with E-state index in [-0.39, 0.29) is 29.6 Å². The van der Waals surface area contributed by atoms with Gasteiger partial charge in [0.05, 0.1) is 11.1 Å². The molecule has 2 rings (SSSR count). The monoisotopic (exact) mass is 315 g/mol. The molecule has 23 heavy (non-hydrogen) atoms. The van der Waals surface area contributed by atoms with Crippen LogP contribution in [0.15, 0.2) is 24.3 Å². The highest BCUT2D eigenvalue weighted by Crippen LogP contribution is 2.22. The summed E-state index contributed by atoms with van der Waals surface area (Å²) in [7, 11) is 0. The molecule has 124 valence electrons. The number of carbonyl (C=O) groups excluding carboxylic acids is 1. The van der Waals surface area contributed by atoms with Crippen LogP contribution in [0.5, 0.6) is 5.75 Å². The number of carbonyl (C=O) groups is 1. The van der Waals surface area contributed by atoms with Crippen LogP contribution >= 0.6 is 0 Å². The molecule has 0 radical (unpaired) electrons. The topological polar surface area (TPSA) is 54.9 Å². The van der Waals surface area contributed by atoms with Crippen molar-refractivity contribution in [2.45, 2.75) is 57.7 Å². The maximum Gasteiger partial charge on any atom is 0.251 e. The van der Waals surface area contributed by atoms with E-state index in [1.54, 1.807) is 24.3 Å². The van der Waals surface area contributed by atoms with Crippen LogP contribution in [-0.2, 0) is 0 Å². The SMILES string of the molecule is C#CCOc1ccc(C(=O)NC2CC(C)(C)[NH2+]C(C)(C)C2)cc1. The fourth-order valence-corrected chi connectivity index (χ4v) is 3.72. The lowest BCUT2D eigenvalue weighted by atomic mass is 9.79. The van der Waals surface area contributed by atoms with Crippen LogP contribution in [0.4, 0.5) is 0 Å². The number of quaternary nitrogens is 1. The molecule has 1 aromatic rings. The number of rotatable bonds is 4. The first-order chi connectivity index (χ1) is 10.7. The molecular formula is C19H27N2O2+. The summed E-state index contributed by atoms with van der Waals surface area (Å²) >= 11 is 0. The maximum atomic E-state index is 12.5. The van der Waals surface area contributed by atoms with E-state index in [4.69, 9.17) is 11.2 Å². The third kappa shape index (κ3) is 5.01. The van der Waals surface area contributed by atoms with Crippen molar-refractivity contribution in [3.8, 4) is 18.1 Å². The second-order valence-electron chi connectivity index (χ2n) is 7.72. The fraction of sp³-hybridized carbons (Fsp3) is 0.526. The van der Waals surface area contributed by atoms with E-state index in [1.165, 1.54) is 0 Å². The Morgan fingerprint density at radius 1 is 1.26 bits per heavy atom. The van der Waals surface area contributed by atoms with Crippen molar-refractivity contribution in [2.75, 3.05) is 6.61 Å². The summed E-state index contributed by atoms with van der Waals surface area (Å²) in [6.45, 7) is 9.14. The number of ether oxygens (including phenoxy) is 1. The lowest BCUT2D eigenvalue weighted by Gasteiger charge is -2.43. The smallest absolute Gasteiger partial charge is 0.251 e. The van der Waals surface area contributed by atoms with Crippen molar-refractivity contribution in [2.24, 2.45) is 0 Å². The summed E-state index contributed by atoms with van der Waals surface area (Å²) in [6.07, 6.45) is 7.09. The molecule has 0 aliphatic carbocycles. The summed E-state index contributed by atoms with van der Waals surface area (Å²) in [4.78, 5) is 12.5. The van der Waals surface area contributed by atoms with Crippen molar-refractivity contribution >= 4 is 5.91 Å². The zero-order valence-corrected chi connectivity index (χ0v) is 14.5. The highest BCUT2D eigenvalue weighted by atomic mass is 16.5. The van der Waals surface area contributed by atoms with Gasteiger partial charge in [-0.25, -0.2) is 0 Å². The number of nitrogens with one attached hydrogen (secondary N) is 1. The Kier molecular flexibility index (Phi) is 5.01. The van der Waals surface area contributed by atoms with Gasteiger partial charge in [-0.05, 0) is 52.0 Å².